The van der Waals surface area contributed by atoms with Gasteiger partial charge in [0, 0.05) is 63.6 Å². The molecule has 0 N–H and O–H groups in total. The minimum absolute atomic E-state index is 0.0235. The van der Waals surface area contributed by atoms with Crippen LogP contribution >= 0.6 is 0 Å². The van der Waals surface area contributed by atoms with E-state index in [-0.39, 0.29) is 23.1 Å². The second kappa shape index (κ2) is 8.52. The van der Waals surface area contributed by atoms with Crippen molar-refractivity contribution in [1.82, 2.24) is 14.7 Å². The molecule has 0 radical (unpaired) electrons. The Morgan fingerprint density at radius 2 is 1.86 bits per heavy atom. The maximum Gasteiger partial charge on any atom is 0.225 e. The van der Waals surface area contributed by atoms with Gasteiger partial charge in [-0.1, -0.05) is 26.0 Å². The molecule has 0 bridgehead atoms. The first-order valence-corrected chi connectivity index (χ1v) is 10.3. The van der Waals surface area contributed by atoms with Crippen molar-refractivity contribution >= 4 is 11.8 Å². The molecule has 2 amide bonds. The summed E-state index contributed by atoms with van der Waals surface area (Å²) in [6.07, 6.45) is 0.530. The van der Waals surface area contributed by atoms with E-state index >= 15 is 0 Å². The first kappa shape index (κ1) is 20.6. The lowest BCUT2D eigenvalue weighted by Crippen LogP contribution is -2.45. The summed E-state index contributed by atoms with van der Waals surface area (Å²) < 4.78 is 5.25. The molecule has 2 aliphatic heterocycles. The molecule has 0 unspecified atom stereocenters. The van der Waals surface area contributed by atoms with Gasteiger partial charge in [0.15, 0.2) is 0 Å². The number of amides is 2. The van der Waals surface area contributed by atoms with E-state index in [0.717, 1.165) is 45.0 Å². The molecule has 2 heterocycles. The van der Waals surface area contributed by atoms with Crippen molar-refractivity contribution in [3.05, 3.63) is 29.8 Å². The lowest BCUT2D eigenvalue weighted by molar-refractivity contribution is -0.135. The second-order valence-electron chi connectivity index (χ2n) is 8.56. The predicted molar refractivity (Wildman–Crippen MR) is 109 cm³/mol. The summed E-state index contributed by atoms with van der Waals surface area (Å²) in [5, 5.41) is 0. The average Bonchev–Trinajstić information content (AvgIpc) is 2.88. The summed E-state index contributed by atoms with van der Waals surface area (Å²) in [6, 6.07) is 8.14. The van der Waals surface area contributed by atoms with Gasteiger partial charge < -0.3 is 14.5 Å². The van der Waals surface area contributed by atoms with Gasteiger partial charge in [-0.3, -0.25) is 14.5 Å². The van der Waals surface area contributed by atoms with E-state index in [4.69, 9.17) is 4.74 Å². The Morgan fingerprint density at radius 3 is 2.43 bits per heavy atom. The molecule has 154 valence electrons. The monoisotopic (exact) mass is 387 g/mol. The topological polar surface area (TPSA) is 53.1 Å². The number of nitrogens with zero attached hydrogens (tertiary/aromatic N) is 3. The van der Waals surface area contributed by atoms with Gasteiger partial charge in [-0.05, 0) is 24.6 Å². The van der Waals surface area contributed by atoms with E-state index in [9.17, 15) is 9.59 Å². The Kier molecular flexibility index (Phi) is 6.28. The summed E-state index contributed by atoms with van der Waals surface area (Å²) in [4.78, 5) is 31.6. The molecular weight excluding hydrogens is 354 g/mol. The van der Waals surface area contributed by atoms with Gasteiger partial charge in [-0.2, -0.15) is 0 Å². The Hall–Kier alpha value is -2.08. The van der Waals surface area contributed by atoms with E-state index < -0.39 is 0 Å². The molecule has 0 aliphatic carbocycles. The maximum absolute atomic E-state index is 12.8. The summed E-state index contributed by atoms with van der Waals surface area (Å²) in [7, 11) is 1.67. The van der Waals surface area contributed by atoms with Crippen molar-refractivity contribution in [2.24, 2.45) is 11.3 Å². The number of rotatable bonds is 5. The zero-order chi connectivity index (χ0) is 20.3. The summed E-state index contributed by atoms with van der Waals surface area (Å²) >= 11 is 0. The van der Waals surface area contributed by atoms with Gasteiger partial charge in [-0.25, -0.2) is 0 Å². The first-order valence-electron chi connectivity index (χ1n) is 10.3. The number of ether oxygens (including phenoxy) is 1. The summed E-state index contributed by atoms with van der Waals surface area (Å²) in [5.74, 6) is 1.23. The third-order valence-electron chi connectivity index (χ3n) is 5.93. The van der Waals surface area contributed by atoms with E-state index in [1.807, 2.05) is 42.7 Å². The quantitative estimate of drug-likeness (QED) is 0.778. The molecule has 2 fully saturated rings. The lowest BCUT2D eigenvalue weighted by atomic mass is 9.85. The zero-order valence-corrected chi connectivity index (χ0v) is 17.6. The van der Waals surface area contributed by atoms with E-state index in [0.29, 0.717) is 13.0 Å². The number of benzene rings is 1. The fourth-order valence-corrected chi connectivity index (χ4v) is 4.51. The minimum atomic E-state index is -0.180. The number of likely N-dealkylation sites (tertiary alicyclic amines) is 1. The molecule has 1 atom stereocenters. The van der Waals surface area contributed by atoms with Crippen LogP contribution in [-0.4, -0.2) is 72.9 Å². The van der Waals surface area contributed by atoms with Crippen molar-refractivity contribution in [3.63, 3.8) is 0 Å². The second-order valence-corrected chi connectivity index (χ2v) is 8.56. The summed E-state index contributed by atoms with van der Waals surface area (Å²) in [6.45, 7) is 11.3. The third-order valence-corrected chi connectivity index (χ3v) is 5.93. The summed E-state index contributed by atoms with van der Waals surface area (Å²) in [5.41, 5.74) is 1.04. The molecule has 3 rings (SSSR count). The highest BCUT2D eigenvalue weighted by Crippen LogP contribution is 2.35. The van der Waals surface area contributed by atoms with E-state index in [1.54, 1.807) is 7.11 Å². The Balaban J connectivity index is 1.80. The molecule has 0 aromatic heterocycles. The van der Waals surface area contributed by atoms with Crippen LogP contribution in [0.2, 0.25) is 0 Å². The normalized spacial score (nSPS) is 23.5. The van der Waals surface area contributed by atoms with Crippen molar-refractivity contribution < 1.29 is 14.3 Å². The molecule has 0 saturated carbocycles. The molecule has 1 aromatic carbocycles. The highest BCUT2D eigenvalue weighted by molar-refractivity contribution is 5.81. The van der Waals surface area contributed by atoms with Crippen LogP contribution in [-0.2, 0) is 16.1 Å². The lowest BCUT2D eigenvalue weighted by Gasteiger charge is -2.34. The molecular formula is C22H33N3O3. The first-order chi connectivity index (χ1) is 13.4. The fourth-order valence-electron chi connectivity index (χ4n) is 4.51. The number of hydrogen-bond acceptors (Lipinski definition) is 4. The minimum Gasteiger partial charge on any atom is -0.497 e. The highest BCUT2D eigenvalue weighted by atomic mass is 16.5. The van der Waals surface area contributed by atoms with Crippen molar-refractivity contribution in [2.75, 3.05) is 46.4 Å². The average molecular weight is 388 g/mol. The SMILES string of the molecule is CCN1C[C@@]2(CC1=O)CN(Cc1ccc(OC)cc1)CCN(C(=O)C(C)C)C2. The molecule has 2 aliphatic rings. The molecule has 1 spiro atoms. The van der Waals surface area contributed by atoms with Gasteiger partial charge in [0.2, 0.25) is 11.8 Å². The van der Waals surface area contributed by atoms with E-state index in [2.05, 4.69) is 17.0 Å². The Bertz CT molecular complexity index is 703. The van der Waals surface area contributed by atoms with Gasteiger partial charge >= 0.3 is 0 Å². The smallest absolute Gasteiger partial charge is 0.225 e. The van der Waals surface area contributed by atoms with Crippen molar-refractivity contribution in [2.45, 2.75) is 33.7 Å². The fraction of sp³-hybridized carbons (Fsp3) is 0.636. The van der Waals surface area contributed by atoms with Crippen LogP contribution in [0.5, 0.6) is 5.75 Å². The van der Waals surface area contributed by atoms with Crippen LogP contribution in [0.4, 0.5) is 0 Å². The molecule has 2 saturated heterocycles. The van der Waals surface area contributed by atoms with Crippen LogP contribution in [0.15, 0.2) is 24.3 Å². The highest BCUT2D eigenvalue weighted by Gasteiger charge is 2.46. The molecule has 6 nitrogen and oxygen atoms in total. The van der Waals surface area contributed by atoms with Crippen molar-refractivity contribution in [3.8, 4) is 5.75 Å². The number of hydrogen-bond donors (Lipinski definition) is 0. The molecule has 1 aromatic rings. The van der Waals surface area contributed by atoms with Gasteiger partial charge in [0.1, 0.15) is 5.75 Å². The number of methoxy groups -OCH3 is 1. The van der Waals surface area contributed by atoms with Crippen LogP contribution in [0, 0.1) is 11.3 Å². The molecule has 28 heavy (non-hydrogen) atoms. The molecule has 6 heteroatoms. The third kappa shape index (κ3) is 4.49. The van der Waals surface area contributed by atoms with Crippen LogP contribution in [0.1, 0.15) is 32.8 Å². The number of carbonyl (C=O) groups is 2. The van der Waals surface area contributed by atoms with Crippen molar-refractivity contribution in [1.29, 1.82) is 0 Å². The number of carbonyl (C=O) groups excluding carboxylic acids is 2. The van der Waals surface area contributed by atoms with E-state index in [1.165, 1.54) is 5.56 Å². The van der Waals surface area contributed by atoms with Gasteiger partial charge in [-0.15, -0.1) is 0 Å². The predicted octanol–water partition coefficient (Wildman–Crippen LogP) is 2.23. The van der Waals surface area contributed by atoms with Gasteiger partial charge in [0.05, 0.1) is 7.11 Å². The maximum atomic E-state index is 12.8. The van der Waals surface area contributed by atoms with Crippen LogP contribution in [0.3, 0.4) is 0 Å². The Labute approximate surface area is 168 Å². The standard InChI is InChI=1S/C22H33N3O3/c1-5-24-15-22(12-20(24)26)14-23(10-11-25(16-22)21(27)17(2)3)13-18-6-8-19(28-4)9-7-18/h6-9,17H,5,10-16H2,1-4H3/t22-/m1/s1. The largest absolute Gasteiger partial charge is 0.497 e. The van der Waals surface area contributed by atoms with Gasteiger partial charge in [0.25, 0.3) is 0 Å². The van der Waals surface area contributed by atoms with Crippen LogP contribution < -0.4 is 4.74 Å². The Morgan fingerprint density at radius 1 is 1.14 bits per heavy atom. The zero-order valence-electron chi connectivity index (χ0n) is 17.6. The van der Waals surface area contributed by atoms with Crippen LogP contribution in [0.25, 0.3) is 0 Å².